The summed E-state index contributed by atoms with van der Waals surface area (Å²) in [6, 6.07) is 0. The third-order valence-electron chi connectivity index (χ3n) is 2.11. The van der Waals surface area contributed by atoms with Gasteiger partial charge in [0.1, 0.15) is 0 Å². The van der Waals surface area contributed by atoms with Gasteiger partial charge < -0.3 is 0 Å². The molecule has 1 aliphatic carbocycles. The Morgan fingerprint density at radius 3 is 2.91 bits per heavy atom. The molecule has 0 bridgehead atoms. The highest BCUT2D eigenvalue weighted by molar-refractivity contribution is 5.17. The van der Waals surface area contributed by atoms with E-state index in [1.807, 2.05) is 6.08 Å². The molecule has 11 heavy (non-hydrogen) atoms. The fourth-order valence-electron chi connectivity index (χ4n) is 1.48. The molecule has 0 radical (unpaired) electrons. The lowest BCUT2D eigenvalue weighted by atomic mass is 10.0. The van der Waals surface area contributed by atoms with Crippen molar-refractivity contribution in [3.8, 4) is 0 Å². The summed E-state index contributed by atoms with van der Waals surface area (Å²) in [4.78, 5) is 0. The van der Waals surface area contributed by atoms with Crippen LogP contribution in [0.15, 0.2) is 30.0 Å². The van der Waals surface area contributed by atoms with Crippen LogP contribution in [0.3, 0.4) is 0 Å². The molecular formula is C11H16. The summed E-state index contributed by atoms with van der Waals surface area (Å²) in [5.41, 5.74) is 4.27. The van der Waals surface area contributed by atoms with Gasteiger partial charge in [-0.2, -0.15) is 0 Å². The van der Waals surface area contributed by atoms with Gasteiger partial charge >= 0.3 is 0 Å². The highest BCUT2D eigenvalue weighted by Gasteiger charge is 1.97. The maximum Gasteiger partial charge on any atom is -0.0177 e. The van der Waals surface area contributed by atoms with E-state index >= 15 is 0 Å². The summed E-state index contributed by atoms with van der Waals surface area (Å²) in [7, 11) is 0. The Hall–Kier alpha value is -0.740. The molecule has 1 aliphatic rings. The Kier molecular flexibility index (Phi) is 3.79. The fraction of sp³-hybridized carbons (Fsp3) is 0.545. The molecule has 60 valence electrons. The Morgan fingerprint density at radius 1 is 1.27 bits per heavy atom. The third-order valence-corrected chi connectivity index (χ3v) is 2.11. The molecular weight excluding hydrogens is 132 g/mol. The van der Waals surface area contributed by atoms with Crippen LogP contribution < -0.4 is 0 Å². The summed E-state index contributed by atoms with van der Waals surface area (Å²) >= 11 is 0. The monoisotopic (exact) mass is 148 g/mol. The minimum Gasteiger partial charge on any atom is -0.128 e. The molecule has 0 amide bonds. The molecule has 0 aromatic rings. The Bertz CT molecular complexity index is 180. The van der Waals surface area contributed by atoms with E-state index in [9.17, 15) is 0 Å². The maximum atomic E-state index is 3.59. The predicted octanol–water partition coefficient (Wildman–Crippen LogP) is 3.61. The van der Waals surface area contributed by atoms with Crippen LogP contribution in [0.1, 0.15) is 38.5 Å². The highest BCUT2D eigenvalue weighted by Crippen LogP contribution is 2.17. The van der Waals surface area contributed by atoms with Crippen molar-refractivity contribution < 1.29 is 0 Å². The molecule has 0 unspecified atom stereocenters. The van der Waals surface area contributed by atoms with Crippen LogP contribution in [0.25, 0.3) is 0 Å². The Morgan fingerprint density at radius 2 is 2.09 bits per heavy atom. The summed E-state index contributed by atoms with van der Waals surface area (Å²) in [5.74, 6) is 0. The standard InChI is InChI=1S/C11H16/c1-2-8-11-9-6-4-3-5-7-10-11/h8-9H,1,3-7,10H2. The van der Waals surface area contributed by atoms with Crippen LogP contribution in [-0.4, -0.2) is 0 Å². The minimum atomic E-state index is 1.22. The van der Waals surface area contributed by atoms with E-state index < -0.39 is 0 Å². The van der Waals surface area contributed by atoms with Crippen LogP contribution in [0.2, 0.25) is 0 Å². The molecule has 0 aliphatic heterocycles. The Labute approximate surface area is 69.3 Å². The van der Waals surface area contributed by atoms with Gasteiger partial charge in [0, 0.05) is 0 Å². The van der Waals surface area contributed by atoms with Crippen molar-refractivity contribution in [1.82, 2.24) is 0 Å². The van der Waals surface area contributed by atoms with Crippen molar-refractivity contribution >= 4 is 0 Å². The lowest BCUT2D eigenvalue weighted by Crippen LogP contribution is -1.86. The van der Waals surface area contributed by atoms with Crippen LogP contribution in [0, 0.1) is 0 Å². The molecule has 0 aromatic heterocycles. The first-order valence-electron chi connectivity index (χ1n) is 4.48. The summed E-state index contributed by atoms with van der Waals surface area (Å²) < 4.78 is 0. The number of rotatable bonds is 1. The van der Waals surface area contributed by atoms with Crippen molar-refractivity contribution in [1.29, 1.82) is 0 Å². The number of allylic oxidation sites excluding steroid dienone is 3. The summed E-state index contributed by atoms with van der Waals surface area (Å²) in [6.07, 6.45) is 12.3. The molecule has 0 atom stereocenters. The van der Waals surface area contributed by atoms with Crippen LogP contribution >= 0.6 is 0 Å². The average molecular weight is 148 g/mol. The molecule has 0 saturated heterocycles. The summed E-state index contributed by atoms with van der Waals surface area (Å²) in [6.45, 7) is 3.59. The smallest absolute Gasteiger partial charge is 0.0177 e. The first kappa shape index (κ1) is 8.36. The first-order chi connectivity index (χ1) is 5.43. The zero-order chi connectivity index (χ0) is 7.94. The predicted molar refractivity (Wildman–Crippen MR) is 49.5 cm³/mol. The van der Waals surface area contributed by atoms with E-state index in [-0.39, 0.29) is 0 Å². The van der Waals surface area contributed by atoms with Crippen molar-refractivity contribution in [2.24, 2.45) is 0 Å². The topological polar surface area (TPSA) is 0 Å². The maximum absolute atomic E-state index is 3.59. The second kappa shape index (κ2) is 4.98. The van der Waals surface area contributed by atoms with Gasteiger partial charge in [0.05, 0.1) is 0 Å². The fourth-order valence-corrected chi connectivity index (χ4v) is 1.48. The van der Waals surface area contributed by atoms with Gasteiger partial charge in [0.2, 0.25) is 0 Å². The largest absolute Gasteiger partial charge is 0.128 e. The zero-order valence-corrected chi connectivity index (χ0v) is 7.10. The molecule has 0 aromatic carbocycles. The van der Waals surface area contributed by atoms with Gasteiger partial charge in [0.25, 0.3) is 0 Å². The van der Waals surface area contributed by atoms with Gasteiger partial charge in [-0.3, -0.25) is 0 Å². The third kappa shape index (κ3) is 3.25. The van der Waals surface area contributed by atoms with Crippen molar-refractivity contribution in [2.45, 2.75) is 38.5 Å². The van der Waals surface area contributed by atoms with Gasteiger partial charge in [-0.15, -0.1) is 5.73 Å². The molecule has 0 heteroatoms. The SMILES string of the molecule is C=C=CC1=CCCCCCC1. The second-order valence-electron chi connectivity index (χ2n) is 3.08. The van der Waals surface area contributed by atoms with Crippen LogP contribution in [0.5, 0.6) is 0 Å². The highest BCUT2D eigenvalue weighted by atomic mass is 14.0. The molecule has 0 N–H and O–H groups in total. The van der Waals surface area contributed by atoms with E-state index in [4.69, 9.17) is 0 Å². The first-order valence-corrected chi connectivity index (χ1v) is 4.48. The summed E-state index contributed by atoms with van der Waals surface area (Å²) in [5, 5.41) is 0. The second-order valence-corrected chi connectivity index (χ2v) is 3.08. The van der Waals surface area contributed by atoms with Crippen LogP contribution in [0.4, 0.5) is 0 Å². The molecule has 0 spiro atoms. The van der Waals surface area contributed by atoms with Gasteiger partial charge in [-0.25, -0.2) is 0 Å². The Balaban J connectivity index is 2.51. The van der Waals surface area contributed by atoms with Crippen molar-refractivity contribution in [2.75, 3.05) is 0 Å². The molecule has 0 heterocycles. The van der Waals surface area contributed by atoms with Gasteiger partial charge in [-0.1, -0.05) is 25.5 Å². The average Bonchev–Trinajstić information content (AvgIpc) is 1.94. The van der Waals surface area contributed by atoms with Gasteiger partial charge in [0.15, 0.2) is 0 Å². The zero-order valence-electron chi connectivity index (χ0n) is 7.10. The minimum absolute atomic E-state index is 1.22. The van der Waals surface area contributed by atoms with E-state index in [0.29, 0.717) is 0 Å². The van der Waals surface area contributed by atoms with E-state index in [1.165, 1.54) is 44.1 Å². The van der Waals surface area contributed by atoms with E-state index in [2.05, 4.69) is 18.4 Å². The van der Waals surface area contributed by atoms with Crippen LogP contribution in [-0.2, 0) is 0 Å². The molecule has 0 nitrogen and oxygen atoms in total. The number of hydrogen-bond acceptors (Lipinski definition) is 0. The molecule has 0 fully saturated rings. The van der Waals surface area contributed by atoms with E-state index in [1.54, 1.807) is 0 Å². The van der Waals surface area contributed by atoms with Crippen molar-refractivity contribution in [3.63, 3.8) is 0 Å². The lowest BCUT2D eigenvalue weighted by molar-refractivity contribution is 0.630. The van der Waals surface area contributed by atoms with Gasteiger partial charge in [-0.05, 0) is 37.3 Å². The quantitative estimate of drug-likeness (QED) is 0.498. The van der Waals surface area contributed by atoms with E-state index in [0.717, 1.165) is 0 Å². The number of hydrogen-bond donors (Lipinski definition) is 0. The van der Waals surface area contributed by atoms with Crippen molar-refractivity contribution in [3.05, 3.63) is 30.0 Å². The normalized spacial score (nSPS) is 19.1. The molecule has 0 saturated carbocycles. The lowest BCUT2D eigenvalue weighted by Gasteiger charge is -2.06. The molecule has 1 rings (SSSR count).